The molecule has 1 unspecified atom stereocenters. The highest BCUT2D eigenvalue weighted by molar-refractivity contribution is 6.33. The first-order valence-electron chi connectivity index (χ1n) is 9.34. The predicted molar refractivity (Wildman–Crippen MR) is 113 cm³/mol. The highest BCUT2D eigenvalue weighted by Gasteiger charge is 2.32. The van der Waals surface area contributed by atoms with Gasteiger partial charge in [-0.3, -0.25) is 9.59 Å². The Labute approximate surface area is 197 Å². The average molecular weight is 514 g/mol. The number of primary amides is 1. The van der Waals surface area contributed by atoms with Crippen molar-refractivity contribution in [2.45, 2.75) is 18.5 Å². The summed E-state index contributed by atoms with van der Waals surface area (Å²) in [5.74, 6) is -3.20. The van der Waals surface area contributed by atoms with Crippen molar-refractivity contribution in [3.8, 4) is 23.0 Å². The first-order chi connectivity index (χ1) is 15.9. The van der Waals surface area contributed by atoms with Crippen LogP contribution in [0.5, 0.6) is 0 Å². The van der Waals surface area contributed by atoms with Gasteiger partial charge in [0.25, 0.3) is 5.89 Å². The normalized spacial score (nSPS) is 12.7. The van der Waals surface area contributed by atoms with Gasteiger partial charge in [0.15, 0.2) is 5.65 Å². The highest BCUT2D eigenvalue weighted by Crippen LogP contribution is 2.34. The van der Waals surface area contributed by atoms with E-state index in [1.807, 2.05) is 0 Å². The predicted octanol–water partition coefficient (Wildman–Crippen LogP) is 4.42. The summed E-state index contributed by atoms with van der Waals surface area (Å²) in [5, 5.41) is 12.7. The highest BCUT2D eigenvalue weighted by atomic mass is 35.5. The third kappa shape index (κ3) is 4.54. The maximum Gasteiger partial charge on any atom is 0.417 e. The number of rotatable bonds is 6. The van der Waals surface area contributed by atoms with Crippen molar-refractivity contribution in [3.05, 3.63) is 57.8 Å². The molecule has 0 spiro atoms. The fraction of sp³-hybridized carbons (Fsp3) is 0.150. The van der Waals surface area contributed by atoms with Crippen molar-refractivity contribution in [3.63, 3.8) is 0 Å². The van der Waals surface area contributed by atoms with Crippen LogP contribution in [-0.2, 0) is 15.8 Å². The Morgan fingerprint density at radius 3 is 2.50 bits per heavy atom. The monoisotopic (exact) mass is 513 g/mol. The van der Waals surface area contributed by atoms with Gasteiger partial charge in [-0.05, 0) is 23.8 Å². The van der Waals surface area contributed by atoms with Crippen LogP contribution in [0.1, 0.15) is 23.5 Å². The van der Waals surface area contributed by atoms with Crippen molar-refractivity contribution >= 4 is 40.7 Å². The number of imidazole rings is 1. The van der Waals surface area contributed by atoms with Crippen LogP contribution in [-0.4, -0.2) is 36.5 Å². The van der Waals surface area contributed by atoms with Crippen LogP contribution in [0.3, 0.4) is 0 Å². The average Bonchev–Trinajstić information content (AvgIpc) is 3.38. The number of carboxylic acids is 1. The van der Waals surface area contributed by atoms with E-state index in [2.05, 4.69) is 15.1 Å². The number of carbonyl (C=O) groups is 2. The van der Waals surface area contributed by atoms with Gasteiger partial charge in [-0.1, -0.05) is 34.4 Å². The number of hydrogen-bond donors (Lipinski definition) is 2. The maximum atomic E-state index is 13.0. The molecule has 3 N–H and O–H groups in total. The summed E-state index contributed by atoms with van der Waals surface area (Å²) in [6, 6.07) is 5.05. The van der Waals surface area contributed by atoms with Crippen LogP contribution in [0.4, 0.5) is 13.2 Å². The molecule has 0 saturated carbocycles. The zero-order valence-corrected chi connectivity index (χ0v) is 18.2. The van der Waals surface area contributed by atoms with Crippen LogP contribution in [0.25, 0.3) is 28.6 Å². The SMILES string of the molecule is NC(=O)C(CC(=O)O)c1ccc(-c2noc(-c3cn4cc(C(F)(F)F)cc(Cl)c4n3)n2)c(Cl)c1. The van der Waals surface area contributed by atoms with E-state index in [0.29, 0.717) is 11.1 Å². The number of hydrogen-bond acceptors (Lipinski definition) is 6. The molecule has 4 rings (SSSR count). The molecular weight excluding hydrogens is 502 g/mol. The lowest BCUT2D eigenvalue weighted by molar-refractivity contribution is -0.139. The number of aliphatic carboxylic acids is 1. The third-order valence-corrected chi connectivity index (χ3v) is 5.43. The van der Waals surface area contributed by atoms with Gasteiger partial charge in [-0.25, -0.2) is 4.98 Å². The number of nitrogens with zero attached hydrogens (tertiary/aromatic N) is 4. The molecule has 1 atom stereocenters. The number of nitrogens with two attached hydrogens (primary N) is 1. The zero-order valence-electron chi connectivity index (χ0n) is 16.7. The fourth-order valence-electron chi connectivity index (χ4n) is 3.24. The van der Waals surface area contributed by atoms with Crippen LogP contribution in [0.2, 0.25) is 10.0 Å². The van der Waals surface area contributed by atoms with Crippen LogP contribution >= 0.6 is 23.2 Å². The minimum absolute atomic E-state index is 0.0274. The third-order valence-electron chi connectivity index (χ3n) is 4.84. The number of halogens is 5. The molecule has 0 bridgehead atoms. The van der Waals surface area contributed by atoms with Gasteiger partial charge in [0.05, 0.1) is 27.9 Å². The van der Waals surface area contributed by atoms with Gasteiger partial charge in [0.2, 0.25) is 11.7 Å². The van der Waals surface area contributed by atoms with E-state index in [9.17, 15) is 22.8 Å². The molecule has 34 heavy (non-hydrogen) atoms. The van der Waals surface area contributed by atoms with Crippen LogP contribution < -0.4 is 5.73 Å². The Kier molecular flexibility index (Phi) is 5.96. The molecule has 0 fully saturated rings. The summed E-state index contributed by atoms with van der Waals surface area (Å²) in [4.78, 5) is 31.0. The van der Waals surface area contributed by atoms with Crippen LogP contribution in [0, 0.1) is 0 Å². The van der Waals surface area contributed by atoms with Gasteiger partial charge in [0, 0.05) is 18.0 Å². The molecule has 4 aromatic rings. The van der Waals surface area contributed by atoms with Crippen LogP contribution in [0.15, 0.2) is 41.2 Å². The van der Waals surface area contributed by atoms with E-state index in [1.54, 1.807) is 0 Å². The number of fused-ring (bicyclic) bond motifs is 1. The number of pyridine rings is 1. The number of amides is 1. The molecule has 0 aliphatic heterocycles. The summed E-state index contributed by atoms with van der Waals surface area (Å²) >= 11 is 12.2. The molecule has 14 heteroatoms. The molecule has 3 heterocycles. The van der Waals surface area contributed by atoms with Crippen molar-refractivity contribution in [1.82, 2.24) is 19.5 Å². The molecule has 0 aliphatic carbocycles. The Morgan fingerprint density at radius 2 is 1.88 bits per heavy atom. The largest absolute Gasteiger partial charge is 0.481 e. The Bertz CT molecular complexity index is 1430. The minimum atomic E-state index is -4.60. The second kappa shape index (κ2) is 8.61. The molecule has 3 aromatic heterocycles. The molecule has 1 aromatic carbocycles. The van der Waals surface area contributed by atoms with E-state index in [1.165, 1.54) is 24.4 Å². The summed E-state index contributed by atoms with van der Waals surface area (Å²) < 4.78 is 45.4. The number of carboxylic acid groups (broad SMARTS) is 1. The molecule has 176 valence electrons. The lowest BCUT2D eigenvalue weighted by Gasteiger charge is -2.12. The van der Waals surface area contributed by atoms with E-state index in [0.717, 1.165) is 16.7 Å². The van der Waals surface area contributed by atoms with Gasteiger partial charge in [-0.15, -0.1) is 0 Å². The van der Waals surface area contributed by atoms with Gasteiger partial charge in [0.1, 0.15) is 5.69 Å². The molecule has 1 amide bonds. The first kappa shape index (κ1) is 23.5. The van der Waals surface area contributed by atoms with Gasteiger partial charge >= 0.3 is 12.1 Å². The summed E-state index contributed by atoms with van der Waals surface area (Å²) in [6.45, 7) is 0. The lowest BCUT2D eigenvalue weighted by Crippen LogP contribution is -2.23. The Morgan fingerprint density at radius 1 is 1.15 bits per heavy atom. The second-order valence-corrected chi connectivity index (χ2v) is 7.96. The zero-order chi connectivity index (χ0) is 24.8. The van der Waals surface area contributed by atoms with Crippen molar-refractivity contribution < 1.29 is 32.4 Å². The van der Waals surface area contributed by atoms with E-state index >= 15 is 0 Å². The molecule has 9 nitrogen and oxygen atoms in total. The van der Waals surface area contributed by atoms with E-state index in [4.69, 9.17) is 38.6 Å². The Hall–Kier alpha value is -3.64. The standard InChI is InChI=1S/C20H12Cl2F3N5O4/c21-12-3-8(11(16(26)33)5-15(31)32)1-2-10(12)17-28-19(34-29-17)14-7-30-6-9(20(23,24)25)4-13(22)18(30)27-14/h1-4,6-7,11H,5H2,(H2,26,33)(H,31,32). The minimum Gasteiger partial charge on any atom is -0.481 e. The van der Waals surface area contributed by atoms with E-state index in [-0.39, 0.29) is 33.1 Å². The topological polar surface area (TPSA) is 137 Å². The number of carbonyl (C=O) groups excluding carboxylic acids is 1. The summed E-state index contributed by atoms with van der Waals surface area (Å²) in [5.41, 5.74) is 5.06. The van der Waals surface area contributed by atoms with Crippen molar-refractivity contribution in [1.29, 1.82) is 0 Å². The maximum absolute atomic E-state index is 13.0. The quantitative estimate of drug-likeness (QED) is 0.389. The number of benzene rings is 1. The first-order valence-corrected chi connectivity index (χ1v) is 10.1. The summed E-state index contributed by atoms with van der Waals surface area (Å²) in [6.07, 6.45) is -3.02. The van der Waals surface area contributed by atoms with Gasteiger partial charge < -0.3 is 19.8 Å². The van der Waals surface area contributed by atoms with Crippen molar-refractivity contribution in [2.24, 2.45) is 5.73 Å². The van der Waals surface area contributed by atoms with E-state index < -0.39 is 36.0 Å². The lowest BCUT2D eigenvalue weighted by atomic mass is 9.94. The van der Waals surface area contributed by atoms with Gasteiger partial charge in [-0.2, -0.15) is 18.2 Å². The smallest absolute Gasteiger partial charge is 0.417 e. The summed E-state index contributed by atoms with van der Waals surface area (Å²) in [7, 11) is 0. The fourth-order valence-corrected chi connectivity index (χ4v) is 3.77. The molecule has 0 aliphatic rings. The molecule has 0 saturated heterocycles. The number of alkyl halides is 3. The number of aromatic nitrogens is 4. The molecule has 0 radical (unpaired) electrons. The Balaban J connectivity index is 1.67. The second-order valence-electron chi connectivity index (χ2n) is 7.15. The van der Waals surface area contributed by atoms with Crippen molar-refractivity contribution in [2.75, 3.05) is 0 Å². The molecular formula is C20H12Cl2F3N5O4.